The second-order valence-electron chi connectivity index (χ2n) is 8.71. The molecule has 2 aromatic heterocycles. The smallest absolute Gasteiger partial charge is 0.363 e. The fourth-order valence-electron chi connectivity index (χ4n) is 4.23. The third-order valence-corrected chi connectivity index (χ3v) is 9.56. The number of amides is 1. The highest BCUT2D eigenvalue weighted by molar-refractivity contribution is 7.71. The van der Waals surface area contributed by atoms with E-state index < -0.39 is 42.3 Å². The van der Waals surface area contributed by atoms with E-state index in [1.165, 1.54) is 18.3 Å². The molecule has 0 aliphatic carbocycles. The van der Waals surface area contributed by atoms with Gasteiger partial charge in [0.1, 0.15) is 24.2 Å². The summed E-state index contributed by atoms with van der Waals surface area (Å²) in [6, 6.07) is 4.50. The van der Waals surface area contributed by atoms with Gasteiger partial charge in [-0.25, -0.2) is 9.97 Å². The van der Waals surface area contributed by atoms with Crippen molar-refractivity contribution in [3.05, 3.63) is 52.4 Å². The van der Waals surface area contributed by atoms with Gasteiger partial charge in [-0.1, -0.05) is 23.7 Å². The fraction of sp³-hybridized carbons (Fsp3) is 0.391. The minimum atomic E-state index is -4.62. The van der Waals surface area contributed by atoms with Gasteiger partial charge in [-0.3, -0.25) is 9.78 Å². The molecule has 1 aliphatic heterocycles. The molecule has 0 saturated carbocycles. The first-order chi connectivity index (χ1) is 17.3. The molecule has 3 aromatic rings. The van der Waals surface area contributed by atoms with Crippen LogP contribution in [0.2, 0.25) is 5.02 Å². The second kappa shape index (κ2) is 10.1. The summed E-state index contributed by atoms with van der Waals surface area (Å²) in [6.07, 6.45) is -6.33. The van der Waals surface area contributed by atoms with Gasteiger partial charge < -0.3 is 14.8 Å². The molecule has 0 bridgehead atoms. The van der Waals surface area contributed by atoms with Gasteiger partial charge in [0.25, 0.3) is 5.91 Å². The van der Waals surface area contributed by atoms with E-state index in [1.54, 1.807) is 19.9 Å². The van der Waals surface area contributed by atoms with Gasteiger partial charge in [-0.2, -0.15) is 22.0 Å². The molecule has 14 heteroatoms. The molecule has 3 heterocycles. The first kappa shape index (κ1) is 27.2. The molecule has 1 N–H and O–H groups in total. The first-order valence-electron chi connectivity index (χ1n) is 11.2. The zero-order chi connectivity index (χ0) is 27.1. The van der Waals surface area contributed by atoms with Gasteiger partial charge in [0.2, 0.25) is 0 Å². The summed E-state index contributed by atoms with van der Waals surface area (Å²) in [5.41, 5.74) is -0.0899. The molecule has 1 fully saturated rings. The number of carbonyl (C=O) groups excluding carboxylic acids is 1. The monoisotopic (exact) mass is 561 g/mol. The molecule has 0 spiro atoms. The number of hydrogen-bond acceptors (Lipinski definition) is 6. The molecule has 1 saturated heterocycles. The summed E-state index contributed by atoms with van der Waals surface area (Å²) >= 11 is 6.09. The van der Waals surface area contributed by atoms with Crippen LogP contribution >= 0.6 is 18.7 Å². The van der Waals surface area contributed by atoms with Crippen LogP contribution in [0, 0.1) is 6.92 Å². The highest BCUT2D eigenvalue weighted by Crippen LogP contribution is 2.46. The number of pyridine rings is 1. The Kier molecular flexibility index (Phi) is 7.45. The summed E-state index contributed by atoms with van der Waals surface area (Å²) in [5, 5.41) is 3.09. The molecule has 4 rings (SSSR count). The number of aromatic nitrogens is 3. The van der Waals surface area contributed by atoms with Gasteiger partial charge in [0.05, 0.1) is 28.3 Å². The Morgan fingerprint density at radius 1 is 1.19 bits per heavy atom. The van der Waals surface area contributed by atoms with Crippen molar-refractivity contribution in [3.8, 4) is 0 Å². The Morgan fingerprint density at radius 2 is 1.86 bits per heavy atom. The first-order valence-corrected chi connectivity index (χ1v) is 13.7. The minimum Gasteiger partial charge on any atom is -0.363 e. The van der Waals surface area contributed by atoms with Crippen LogP contribution < -0.4 is 10.8 Å². The predicted octanol–water partition coefficient (Wildman–Crippen LogP) is 5.27. The van der Waals surface area contributed by atoms with Crippen molar-refractivity contribution in [1.29, 1.82) is 0 Å². The highest BCUT2D eigenvalue weighted by atomic mass is 35.5. The zero-order valence-corrected chi connectivity index (χ0v) is 21.3. The summed E-state index contributed by atoms with van der Waals surface area (Å²) < 4.78 is 79.1. The summed E-state index contributed by atoms with van der Waals surface area (Å²) in [6.45, 7) is 3.10. The third-order valence-electron chi connectivity index (χ3n) is 6.21. The van der Waals surface area contributed by atoms with E-state index in [4.69, 9.17) is 11.6 Å². The largest absolute Gasteiger partial charge is 0.417 e. The number of nitrogens with one attached hydrogen (secondary N) is 1. The van der Waals surface area contributed by atoms with Gasteiger partial charge in [-0.05, 0) is 31.5 Å². The average molecular weight is 562 g/mol. The van der Waals surface area contributed by atoms with Gasteiger partial charge >= 0.3 is 12.6 Å². The van der Waals surface area contributed by atoms with E-state index in [-0.39, 0.29) is 42.2 Å². The molecular formula is C23H22ClF5N5O2P. The van der Waals surface area contributed by atoms with Crippen molar-refractivity contribution < 1.29 is 31.3 Å². The van der Waals surface area contributed by atoms with Crippen molar-refractivity contribution in [2.24, 2.45) is 0 Å². The molecule has 198 valence electrons. The van der Waals surface area contributed by atoms with Crippen LogP contribution in [0.25, 0.3) is 10.9 Å². The maximum absolute atomic E-state index is 13.6. The van der Waals surface area contributed by atoms with Crippen LogP contribution in [-0.2, 0) is 15.5 Å². The van der Waals surface area contributed by atoms with Crippen LogP contribution in [-0.4, -0.2) is 57.6 Å². The number of halogens is 6. The number of hydrogen-bond donors (Lipinski definition) is 1. The fourth-order valence-corrected chi connectivity index (χ4v) is 7.07. The lowest BCUT2D eigenvalue weighted by Crippen LogP contribution is -2.44. The van der Waals surface area contributed by atoms with Gasteiger partial charge in [-0.15, -0.1) is 0 Å². The standard InChI is InChI=1S/C23H22ClF5N5O2P/c1-12(14-4-3-5-16(19(14)24)23(27,28)29)31-21-15-10-18(30-11-17(15)32-13(2)33-21)37(36)8-6-34(7-9-37)22(35)20(25)26/h3-5,10-12,20H,6-9H2,1-2H3,(H,31,32,33)/t12-/m1/s1. The second-order valence-corrected chi connectivity index (χ2v) is 12.2. The number of benzene rings is 1. The number of carbonyl (C=O) groups is 1. The Balaban J connectivity index is 1.66. The van der Waals surface area contributed by atoms with Crippen molar-refractivity contribution in [3.63, 3.8) is 0 Å². The molecule has 1 aliphatic rings. The molecule has 1 aromatic carbocycles. The van der Waals surface area contributed by atoms with Crippen LogP contribution in [0.3, 0.4) is 0 Å². The minimum absolute atomic E-state index is 0.00427. The Morgan fingerprint density at radius 3 is 2.49 bits per heavy atom. The number of anilines is 1. The van der Waals surface area contributed by atoms with E-state index in [0.29, 0.717) is 16.7 Å². The van der Waals surface area contributed by atoms with Crippen molar-refractivity contribution in [2.45, 2.75) is 32.5 Å². The summed E-state index contributed by atoms with van der Waals surface area (Å²) in [4.78, 5) is 25.6. The summed E-state index contributed by atoms with van der Waals surface area (Å²) in [7, 11) is -3.11. The number of nitrogens with zero attached hydrogens (tertiary/aromatic N) is 4. The molecular weight excluding hydrogens is 540 g/mol. The normalized spacial score (nSPS) is 16.7. The van der Waals surface area contributed by atoms with Gasteiger partial charge in [0.15, 0.2) is 0 Å². The van der Waals surface area contributed by atoms with Crippen LogP contribution in [0.4, 0.5) is 27.8 Å². The lowest BCUT2D eigenvalue weighted by Gasteiger charge is -2.31. The number of fused-ring (bicyclic) bond motifs is 1. The Hall–Kier alpha value is -2.85. The van der Waals surface area contributed by atoms with Crippen molar-refractivity contribution >= 4 is 46.8 Å². The molecule has 7 nitrogen and oxygen atoms in total. The third kappa shape index (κ3) is 5.55. The Bertz CT molecular complexity index is 1390. The average Bonchev–Trinajstić information content (AvgIpc) is 2.83. The van der Waals surface area contributed by atoms with Crippen molar-refractivity contribution in [2.75, 3.05) is 30.7 Å². The number of alkyl halides is 5. The molecule has 37 heavy (non-hydrogen) atoms. The Labute approximate surface area is 213 Å². The summed E-state index contributed by atoms with van der Waals surface area (Å²) in [5.74, 6) is -0.641. The van der Waals surface area contributed by atoms with E-state index in [1.807, 2.05) is 0 Å². The molecule has 0 unspecified atom stereocenters. The number of rotatable bonds is 5. The van der Waals surface area contributed by atoms with Crippen LogP contribution in [0.1, 0.15) is 29.9 Å². The SMILES string of the molecule is Cc1nc(N[C@H](C)c2cccc(C(F)(F)F)c2Cl)c2cc(P3(=O)CCN(C(=O)C(F)F)CC3)ncc2n1. The quantitative estimate of drug-likeness (QED) is 0.337. The molecule has 1 atom stereocenters. The van der Waals surface area contributed by atoms with E-state index in [0.717, 1.165) is 11.0 Å². The highest BCUT2D eigenvalue weighted by Gasteiger charge is 2.36. The maximum atomic E-state index is 13.6. The van der Waals surface area contributed by atoms with Crippen molar-refractivity contribution in [1.82, 2.24) is 19.9 Å². The van der Waals surface area contributed by atoms with Gasteiger partial charge in [0, 0.05) is 30.8 Å². The molecule has 0 radical (unpaired) electrons. The number of aryl methyl sites for hydroxylation is 1. The van der Waals surface area contributed by atoms with Crippen LogP contribution in [0.15, 0.2) is 30.5 Å². The topological polar surface area (TPSA) is 88.1 Å². The molecule has 1 amide bonds. The zero-order valence-electron chi connectivity index (χ0n) is 19.7. The lowest BCUT2D eigenvalue weighted by atomic mass is 10.0. The van der Waals surface area contributed by atoms with E-state index in [2.05, 4.69) is 20.3 Å². The van der Waals surface area contributed by atoms with E-state index >= 15 is 0 Å². The predicted molar refractivity (Wildman–Crippen MR) is 130 cm³/mol. The lowest BCUT2D eigenvalue weighted by molar-refractivity contribution is -0.142. The van der Waals surface area contributed by atoms with E-state index in [9.17, 15) is 31.3 Å². The maximum Gasteiger partial charge on any atom is 0.417 e. The van der Waals surface area contributed by atoms with Crippen LogP contribution in [0.5, 0.6) is 0 Å².